The minimum Gasteiger partial charge on any atom is -0.336 e. The van der Waals surface area contributed by atoms with E-state index in [1.54, 1.807) is 18.6 Å². The normalized spacial score (nSPS) is 19.7. The summed E-state index contributed by atoms with van der Waals surface area (Å²) < 4.78 is 0. The zero-order valence-electron chi connectivity index (χ0n) is 18.4. The number of benzene rings is 1. The molecule has 1 spiro atoms. The fourth-order valence-electron chi connectivity index (χ4n) is 5.27. The summed E-state index contributed by atoms with van der Waals surface area (Å²) in [5.74, 6) is 0.0734. The first-order valence-corrected chi connectivity index (χ1v) is 11.8. The Morgan fingerprint density at radius 1 is 1.16 bits per heavy atom. The molecule has 0 radical (unpaired) electrons. The molecule has 1 saturated heterocycles. The zero-order valence-corrected chi connectivity index (χ0v) is 19.1. The van der Waals surface area contributed by atoms with Crippen LogP contribution in [-0.2, 0) is 6.42 Å². The number of halogens is 1. The van der Waals surface area contributed by atoms with Crippen LogP contribution in [0, 0.1) is 12.3 Å². The van der Waals surface area contributed by atoms with E-state index in [2.05, 4.69) is 20.1 Å². The number of likely N-dealkylation sites (tertiary alicyclic amines) is 1. The number of hydrogen-bond acceptors (Lipinski definition) is 4. The lowest BCUT2D eigenvalue weighted by molar-refractivity contribution is -0.00220. The van der Waals surface area contributed by atoms with Gasteiger partial charge in [0, 0.05) is 24.5 Å². The van der Waals surface area contributed by atoms with Crippen LogP contribution in [0.1, 0.15) is 60.1 Å². The molecule has 2 aromatic heterocycles. The molecule has 5 rings (SSSR count). The van der Waals surface area contributed by atoms with Crippen molar-refractivity contribution in [1.29, 1.82) is 0 Å². The molecule has 32 heavy (non-hydrogen) atoms. The van der Waals surface area contributed by atoms with Crippen LogP contribution in [0.25, 0.3) is 5.69 Å². The smallest absolute Gasteiger partial charge is 0.256 e. The number of aryl methyl sites for hydroxylation is 2. The average molecular weight is 450 g/mol. The van der Waals surface area contributed by atoms with Crippen LogP contribution in [0.15, 0.2) is 48.9 Å². The number of rotatable bonds is 5. The number of hydrogen-bond donors (Lipinski definition) is 0. The number of carbonyl (C=O) groups excluding carboxylic acids is 1. The molecule has 3 aromatic rings. The number of piperidine rings is 1. The quantitative estimate of drug-likeness (QED) is 0.547. The maximum atomic E-state index is 13.9. The molecule has 1 aliphatic heterocycles. The SMILES string of the molecule is Cc1ccc(-n2nccn2)c(C(=O)N2CCC3(CCC3)CC2CCc2ccc(Cl)cn2)c1. The number of carbonyl (C=O) groups is 1. The molecule has 2 fully saturated rings. The first kappa shape index (κ1) is 21.1. The van der Waals surface area contributed by atoms with Gasteiger partial charge < -0.3 is 4.90 Å². The van der Waals surface area contributed by atoms with Crippen molar-refractivity contribution in [2.24, 2.45) is 5.41 Å². The number of aromatic nitrogens is 4. The van der Waals surface area contributed by atoms with Crippen molar-refractivity contribution in [1.82, 2.24) is 24.9 Å². The molecule has 1 atom stereocenters. The van der Waals surface area contributed by atoms with Crippen LogP contribution in [0.4, 0.5) is 0 Å². The summed E-state index contributed by atoms with van der Waals surface area (Å²) >= 11 is 6.00. The Morgan fingerprint density at radius 3 is 2.66 bits per heavy atom. The largest absolute Gasteiger partial charge is 0.336 e. The highest BCUT2D eigenvalue weighted by Crippen LogP contribution is 2.51. The minimum absolute atomic E-state index is 0.0734. The van der Waals surface area contributed by atoms with Gasteiger partial charge in [0.05, 0.1) is 28.7 Å². The standard InChI is InChI=1S/C25H28ClN5O/c1-18-3-8-23(31-28-12-13-29-31)22(15-18)24(32)30-14-11-25(9-2-10-25)16-21(30)7-6-20-5-4-19(26)17-27-20/h3-5,8,12-13,15,17,21H,2,6-7,9-11,14,16H2,1H3. The van der Waals surface area contributed by atoms with Gasteiger partial charge in [-0.15, -0.1) is 0 Å². The summed E-state index contributed by atoms with van der Waals surface area (Å²) in [5, 5.41) is 9.18. The van der Waals surface area contributed by atoms with Crippen molar-refractivity contribution in [2.45, 2.75) is 57.9 Å². The molecule has 1 amide bonds. The summed E-state index contributed by atoms with van der Waals surface area (Å²) in [7, 11) is 0. The lowest BCUT2D eigenvalue weighted by Crippen LogP contribution is -2.52. The van der Waals surface area contributed by atoms with Crippen molar-refractivity contribution >= 4 is 17.5 Å². The fraction of sp³-hybridized carbons (Fsp3) is 0.440. The monoisotopic (exact) mass is 449 g/mol. The number of nitrogens with zero attached hydrogens (tertiary/aromatic N) is 5. The third-order valence-corrected chi connectivity index (χ3v) is 7.43. The van der Waals surface area contributed by atoms with Gasteiger partial charge in [0.2, 0.25) is 0 Å². The Hall–Kier alpha value is -2.73. The van der Waals surface area contributed by atoms with Gasteiger partial charge >= 0.3 is 0 Å². The third-order valence-electron chi connectivity index (χ3n) is 7.21. The molecule has 7 heteroatoms. The summed E-state index contributed by atoms with van der Waals surface area (Å²) in [5.41, 5.74) is 3.90. The maximum Gasteiger partial charge on any atom is 0.256 e. The number of amides is 1. The first-order valence-electron chi connectivity index (χ1n) is 11.4. The van der Waals surface area contributed by atoms with Crippen molar-refractivity contribution in [2.75, 3.05) is 6.54 Å². The Balaban J connectivity index is 1.42. The first-order chi connectivity index (χ1) is 15.5. The van der Waals surface area contributed by atoms with Crippen LogP contribution in [0.3, 0.4) is 0 Å². The van der Waals surface area contributed by atoms with Gasteiger partial charge in [-0.05, 0) is 75.1 Å². The van der Waals surface area contributed by atoms with E-state index in [1.807, 2.05) is 37.3 Å². The summed E-state index contributed by atoms with van der Waals surface area (Å²) in [6.45, 7) is 2.82. The molecule has 1 aliphatic carbocycles. The Bertz CT molecular complexity index is 1090. The summed E-state index contributed by atoms with van der Waals surface area (Å²) in [4.78, 5) is 22.0. The molecule has 1 saturated carbocycles. The van der Waals surface area contributed by atoms with Gasteiger partial charge in [-0.1, -0.05) is 29.7 Å². The molecule has 166 valence electrons. The van der Waals surface area contributed by atoms with E-state index in [-0.39, 0.29) is 11.9 Å². The molecule has 6 nitrogen and oxygen atoms in total. The minimum atomic E-state index is 0.0734. The second-order valence-corrected chi connectivity index (χ2v) is 9.74. The fourth-order valence-corrected chi connectivity index (χ4v) is 5.38. The van der Waals surface area contributed by atoms with Gasteiger partial charge in [-0.25, -0.2) is 0 Å². The summed E-state index contributed by atoms with van der Waals surface area (Å²) in [6, 6.07) is 9.97. The van der Waals surface area contributed by atoms with Crippen LogP contribution in [0.2, 0.25) is 5.02 Å². The molecule has 1 unspecified atom stereocenters. The second-order valence-electron chi connectivity index (χ2n) is 9.31. The van der Waals surface area contributed by atoms with Crippen molar-refractivity contribution < 1.29 is 4.79 Å². The lowest BCUT2D eigenvalue weighted by atomic mass is 9.61. The van der Waals surface area contributed by atoms with E-state index in [4.69, 9.17) is 11.6 Å². The van der Waals surface area contributed by atoms with Crippen LogP contribution in [-0.4, -0.2) is 43.4 Å². The van der Waals surface area contributed by atoms with E-state index >= 15 is 0 Å². The topological polar surface area (TPSA) is 63.9 Å². The molecule has 0 N–H and O–H groups in total. The van der Waals surface area contributed by atoms with Crippen molar-refractivity contribution in [3.05, 3.63) is 70.8 Å². The maximum absolute atomic E-state index is 13.9. The van der Waals surface area contributed by atoms with Gasteiger partial charge in [-0.2, -0.15) is 15.0 Å². The van der Waals surface area contributed by atoms with E-state index in [0.717, 1.165) is 49.2 Å². The molecular formula is C25H28ClN5O. The van der Waals surface area contributed by atoms with Crippen molar-refractivity contribution in [3.63, 3.8) is 0 Å². The highest BCUT2D eigenvalue weighted by atomic mass is 35.5. The van der Waals surface area contributed by atoms with Crippen molar-refractivity contribution in [3.8, 4) is 5.69 Å². The van der Waals surface area contributed by atoms with Gasteiger partial charge in [-0.3, -0.25) is 9.78 Å². The number of pyridine rings is 1. The second kappa shape index (κ2) is 8.66. The van der Waals surface area contributed by atoms with Crippen LogP contribution in [0.5, 0.6) is 0 Å². The Kier molecular flexibility index (Phi) is 5.72. The van der Waals surface area contributed by atoms with Gasteiger partial charge in [0.1, 0.15) is 0 Å². The highest BCUT2D eigenvalue weighted by molar-refractivity contribution is 6.30. The van der Waals surface area contributed by atoms with E-state index < -0.39 is 0 Å². The van der Waals surface area contributed by atoms with E-state index in [9.17, 15) is 4.79 Å². The zero-order chi connectivity index (χ0) is 22.1. The molecule has 0 bridgehead atoms. The van der Waals surface area contributed by atoms with Crippen LogP contribution < -0.4 is 0 Å². The van der Waals surface area contributed by atoms with E-state index in [1.165, 1.54) is 24.1 Å². The summed E-state index contributed by atoms with van der Waals surface area (Å²) in [6.07, 6.45) is 12.8. The Labute approximate surface area is 193 Å². The Morgan fingerprint density at radius 2 is 1.97 bits per heavy atom. The van der Waals surface area contributed by atoms with Gasteiger partial charge in [0.15, 0.2) is 0 Å². The van der Waals surface area contributed by atoms with Crippen LogP contribution >= 0.6 is 11.6 Å². The highest BCUT2D eigenvalue weighted by Gasteiger charge is 2.45. The predicted octanol–water partition coefficient (Wildman–Crippen LogP) is 5.03. The third kappa shape index (κ3) is 4.16. The van der Waals surface area contributed by atoms with Gasteiger partial charge in [0.25, 0.3) is 5.91 Å². The average Bonchev–Trinajstić information content (AvgIpc) is 3.32. The van der Waals surface area contributed by atoms with E-state index in [0.29, 0.717) is 16.0 Å². The molecule has 2 aliphatic rings. The molecule has 1 aromatic carbocycles. The lowest BCUT2D eigenvalue weighted by Gasteiger charge is -2.52. The molecular weight excluding hydrogens is 422 g/mol. The predicted molar refractivity (Wildman–Crippen MR) is 124 cm³/mol. The molecule has 3 heterocycles.